The number of nitrogens with zero attached hydrogens (tertiary/aromatic N) is 1. The molecule has 2 saturated carbocycles. The second kappa shape index (κ2) is 9.61. The molecule has 6 heteroatoms. The van der Waals surface area contributed by atoms with Crippen molar-refractivity contribution in [2.45, 2.75) is 63.1 Å². The summed E-state index contributed by atoms with van der Waals surface area (Å²) in [5, 5.41) is 10.2. The van der Waals surface area contributed by atoms with Gasteiger partial charge in [0.05, 0.1) is 6.10 Å². The zero-order chi connectivity index (χ0) is 20.1. The van der Waals surface area contributed by atoms with E-state index < -0.39 is 0 Å². The Balaban J connectivity index is 1.26. The topological polar surface area (TPSA) is 74.8 Å². The van der Waals surface area contributed by atoms with Gasteiger partial charge >= 0.3 is 0 Å². The lowest BCUT2D eigenvalue weighted by Crippen LogP contribution is -2.48. The van der Waals surface area contributed by atoms with Gasteiger partial charge in [0.25, 0.3) is 0 Å². The van der Waals surface area contributed by atoms with Crippen LogP contribution in [0.5, 0.6) is 0 Å². The molecule has 4 rings (SSSR count). The van der Waals surface area contributed by atoms with E-state index in [0.717, 1.165) is 64.1 Å². The third kappa shape index (κ3) is 5.50. The normalized spacial score (nSPS) is 30.0. The Morgan fingerprint density at radius 2 is 1.90 bits per heavy atom. The van der Waals surface area contributed by atoms with E-state index in [0.29, 0.717) is 18.0 Å². The fourth-order valence-corrected chi connectivity index (χ4v) is 4.58. The molecule has 0 bridgehead atoms. The van der Waals surface area contributed by atoms with E-state index in [9.17, 15) is 4.79 Å². The van der Waals surface area contributed by atoms with Crippen molar-refractivity contribution in [3.05, 3.63) is 35.9 Å². The number of guanidine groups is 1. The number of benzene rings is 1. The fourth-order valence-electron chi connectivity index (χ4n) is 4.58. The van der Waals surface area contributed by atoms with Crippen LogP contribution in [0.25, 0.3) is 0 Å². The smallest absolute Gasteiger partial charge is 0.223 e. The molecule has 4 atom stereocenters. The third-order valence-electron chi connectivity index (χ3n) is 6.41. The lowest BCUT2D eigenvalue weighted by molar-refractivity contribution is -0.126. The highest BCUT2D eigenvalue weighted by Gasteiger charge is 2.32. The minimum absolute atomic E-state index is 0.130. The molecule has 1 aromatic rings. The van der Waals surface area contributed by atoms with E-state index in [1.54, 1.807) is 0 Å². The number of hydrogen-bond donors (Lipinski definition) is 3. The highest BCUT2D eigenvalue weighted by Crippen LogP contribution is 2.34. The summed E-state index contributed by atoms with van der Waals surface area (Å²) in [6.45, 7) is 1.63. The van der Waals surface area contributed by atoms with Crippen molar-refractivity contribution < 1.29 is 9.53 Å². The molecule has 0 radical (unpaired) electrons. The van der Waals surface area contributed by atoms with E-state index in [2.05, 4.69) is 45.2 Å². The maximum Gasteiger partial charge on any atom is 0.223 e. The molecule has 1 saturated heterocycles. The Bertz CT molecular complexity index is 704. The second-order valence-corrected chi connectivity index (χ2v) is 8.69. The van der Waals surface area contributed by atoms with Gasteiger partial charge in [-0.25, -0.2) is 0 Å². The first kappa shape index (κ1) is 20.2. The number of ether oxygens (including phenoxy) is 1. The maximum atomic E-state index is 12.4. The summed E-state index contributed by atoms with van der Waals surface area (Å²) in [7, 11) is 1.81. The van der Waals surface area contributed by atoms with Crippen LogP contribution in [0.4, 0.5) is 0 Å². The third-order valence-corrected chi connectivity index (χ3v) is 6.41. The molecule has 2 aliphatic carbocycles. The van der Waals surface area contributed by atoms with Gasteiger partial charge in [0, 0.05) is 44.1 Å². The van der Waals surface area contributed by atoms with Crippen LogP contribution >= 0.6 is 0 Å². The summed E-state index contributed by atoms with van der Waals surface area (Å²) < 4.78 is 6.00. The van der Waals surface area contributed by atoms with Gasteiger partial charge in [-0.1, -0.05) is 36.8 Å². The minimum Gasteiger partial charge on any atom is -0.373 e. The van der Waals surface area contributed by atoms with E-state index in [4.69, 9.17) is 4.74 Å². The quantitative estimate of drug-likeness (QED) is 0.509. The number of nitrogens with one attached hydrogen (secondary N) is 3. The molecule has 3 fully saturated rings. The van der Waals surface area contributed by atoms with Crippen LogP contribution in [0.15, 0.2) is 35.3 Å². The largest absolute Gasteiger partial charge is 0.373 e. The van der Waals surface area contributed by atoms with Crippen LogP contribution in [0, 0.1) is 11.8 Å². The first-order valence-corrected chi connectivity index (χ1v) is 11.2. The van der Waals surface area contributed by atoms with Crippen LogP contribution in [0.2, 0.25) is 0 Å². The van der Waals surface area contributed by atoms with Crippen molar-refractivity contribution in [3.8, 4) is 0 Å². The van der Waals surface area contributed by atoms with Gasteiger partial charge < -0.3 is 20.7 Å². The Labute approximate surface area is 173 Å². The standard InChI is InChI=1S/C23H34N4O2/c1-24-23(25-15-18-12-13-29-21(18)16-6-3-2-4-7-16)27-20-9-5-8-17(14-20)22(28)26-19-10-11-19/h2-4,6-7,17-21H,5,8-15H2,1H3,(H,26,28)(H2,24,25,27). The molecular weight excluding hydrogens is 364 g/mol. The second-order valence-electron chi connectivity index (χ2n) is 8.69. The predicted octanol–water partition coefficient (Wildman–Crippen LogP) is 2.77. The van der Waals surface area contributed by atoms with Crippen LogP contribution in [0.3, 0.4) is 0 Å². The fraction of sp³-hybridized carbons (Fsp3) is 0.652. The molecule has 1 heterocycles. The van der Waals surface area contributed by atoms with Crippen molar-refractivity contribution in [1.29, 1.82) is 0 Å². The Morgan fingerprint density at radius 3 is 2.66 bits per heavy atom. The van der Waals surface area contributed by atoms with Crippen LogP contribution in [-0.2, 0) is 9.53 Å². The first-order valence-electron chi connectivity index (χ1n) is 11.2. The molecule has 4 unspecified atom stereocenters. The van der Waals surface area contributed by atoms with Gasteiger partial charge in [0.15, 0.2) is 5.96 Å². The predicted molar refractivity (Wildman–Crippen MR) is 115 cm³/mol. The molecule has 0 spiro atoms. The van der Waals surface area contributed by atoms with Crippen molar-refractivity contribution in [1.82, 2.24) is 16.0 Å². The van der Waals surface area contributed by atoms with E-state index in [1.165, 1.54) is 5.56 Å². The van der Waals surface area contributed by atoms with Gasteiger partial charge in [0.1, 0.15) is 0 Å². The van der Waals surface area contributed by atoms with Crippen molar-refractivity contribution in [2.75, 3.05) is 20.2 Å². The molecule has 158 valence electrons. The monoisotopic (exact) mass is 398 g/mol. The van der Waals surface area contributed by atoms with Gasteiger partial charge in [-0.05, 0) is 44.1 Å². The van der Waals surface area contributed by atoms with Crippen molar-refractivity contribution in [3.63, 3.8) is 0 Å². The SMILES string of the molecule is CN=C(NCC1CCOC1c1ccccc1)NC1CCCC(C(=O)NC2CC2)C1. The Morgan fingerprint density at radius 1 is 1.07 bits per heavy atom. The lowest BCUT2D eigenvalue weighted by Gasteiger charge is -2.30. The molecule has 1 amide bonds. The number of amides is 1. The number of aliphatic imine (C=N–C) groups is 1. The van der Waals surface area contributed by atoms with Crippen molar-refractivity contribution >= 4 is 11.9 Å². The van der Waals surface area contributed by atoms with Gasteiger partial charge in [-0.3, -0.25) is 9.79 Å². The molecular formula is C23H34N4O2. The Hall–Kier alpha value is -2.08. The molecule has 1 aromatic carbocycles. The summed E-state index contributed by atoms with van der Waals surface area (Å²) in [5.74, 6) is 1.64. The van der Waals surface area contributed by atoms with Crippen LogP contribution in [-0.4, -0.2) is 44.1 Å². The first-order chi connectivity index (χ1) is 14.2. The lowest BCUT2D eigenvalue weighted by atomic mass is 9.85. The van der Waals surface area contributed by atoms with E-state index in [1.807, 2.05) is 13.1 Å². The molecule has 0 aromatic heterocycles. The zero-order valence-electron chi connectivity index (χ0n) is 17.4. The van der Waals surface area contributed by atoms with Gasteiger partial charge in [-0.2, -0.15) is 0 Å². The molecule has 6 nitrogen and oxygen atoms in total. The van der Waals surface area contributed by atoms with Gasteiger partial charge in [0.2, 0.25) is 5.91 Å². The summed E-state index contributed by atoms with van der Waals surface area (Å²) in [6, 6.07) is 11.2. The summed E-state index contributed by atoms with van der Waals surface area (Å²) >= 11 is 0. The summed E-state index contributed by atoms with van der Waals surface area (Å²) in [6.07, 6.45) is 7.55. The molecule has 3 N–H and O–H groups in total. The highest BCUT2D eigenvalue weighted by molar-refractivity contribution is 5.81. The summed E-state index contributed by atoms with van der Waals surface area (Å²) in [4.78, 5) is 16.8. The average Bonchev–Trinajstić information content (AvgIpc) is 3.45. The molecule has 29 heavy (non-hydrogen) atoms. The van der Waals surface area contributed by atoms with Crippen LogP contribution in [0.1, 0.15) is 56.6 Å². The maximum absolute atomic E-state index is 12.4. The summed E-state index contributed by atoms with van der Waals surface area (Å²) in [5.41, 5.74) is 1.25. The van der Waals surface area contributed by atoms with E-state index >= 15 is 0 Å². The number of hydrogen-bond acceptors (Lipinski definition) is 3. The van der Waals surface area contributed by atoms with E-state index in [-0.39, 0.29) is 17.9 Å². The number of carbonyl (C=O) groups is 1. The zero-order valence-corrected chi connectivity index (χ0v) is 17.4. The number of carbonyl (C=O) groups excluding carboxylic acids is 1. The van der Waals surface area contributed by atoms with Crippen molar-refractivity contribution in [2.24, 2.45) is 16.8 Å². The van der Waals surface area contributed by atoms with Gasteiger partial charge in [-0.15, -0.1) is 0 Å². The minimum atomic E-state index is 0.130. The molecule has 1 aliphatic heterocycles. The Kier molecular flexibility index (Phi) is 6.70. The average molecular weight is 399 g/mol. The van der Waals surface area contributed by atoms with Crippen LogP contribution < -0.4 is 16.0 Å². The highest BCUT2D eigenvalue weighted by atomic mass is 16.5. The molecule has 3 aliphatic rings. The number of rotatable bonds is 6.